The van der Waals surface area contributed by atoms with Crippen molar-refractivity contribution in [3.05, 3.63) is 42.2 Å². The highest BCUT2D eigenvalue weighted by molar-refractivity contribution is 5.55. The Kier molecular flexibility index (Phi) is 12.5. The van der Waals surface area contributed by atoms with Crippen molar-refractivity contribution in [3.63, 3.8) is 0 Å². The van der Waals surface area contributed by atoms with Crippen molar-refractivity contribution in [1.29, 1.82) is 0 Å². The third-order valence-corrected chi connectivity index (χ3v) is 7.59. The molecule has 3 rings (SSSR count). The molecular weight excluding hydrogens is 416 g/mol. The average molecular weight is 465 g/mol. The predicted octanol–water partition coefficient (Wildman–Crippen LogP) is 9.20. The van der Waals surface area contributed by atoms with Crippen LogP contribution in [-0.4, -0.2) is 16.6 Å². The molecule has 1 aromatic carbocycles. The van der Waals surface area contributed by atoms with Gasteiger partial charge in [0.25, 0.3) is 0 Å². The topological polar surface area (TPSA) is 35.0 Å². The van der Waals surface area contributed by atoms with Gasteiger partial charge in [-0.2, -0.15) is 0 Å². The summed E-state index contributed by atoms with van der Waals surface area (Å²) in [5.74, 6) is 3.68. The molecule has 1 aromatic heterocycles. The average Bonchev–Trinajstić information content (AvgIpc) is 2.89. The number of hydrogen-bond donors (Lipinski definition) is 0. The molecule has 0 spiro atoms. The normalized spacial score (nSPS) is 18.2. The molecule has 0 amide bonds. The van der Waals surface area contributed by atoms with Gasteiger partial charge in [0.05, 0.1) is 6.61 Å². The number of ether oxygens (including phenoxy) is 1. The molecule has 1 aliphatic rings. The van der Waals surface area contributed by atoms with Crippen molar-refractivity contribution in [1.82, 2.24) is 9.97 Å². The first-order chi connectivity index (χ1) is 16.8. The maximum absolute atomic E-state index is 6.03. The minimum atomic E-state index is 0.796. The Morgan fingerprint density at radius 3 is 1.91 bits per heavy atom. The second-order valence-corrected chi connectivity index (χ2v) is 10.5. The second-order valence-electron chi connectivity index (χ2n) is 10.5. The Balaban J connectivity index is 1.30. The predicted molar refractivity (Wildman–Crippen MR) is 144 cm³/mol. The second kappa shape index (κ2) is 15.9. The molecule has 3 heteroatoms. The largest absolute Gasteiger partial charge is 0.494 e. The third kappa shape index (κ3) is 9.76. The first-order valence-electron chi connectivity index (χ1n) is 14.3. The van der Waals surface area contributed by atoms with Gasteiger partial charge < -0.3 is 4.74 Å². The number of rotatable bonds is 16. The van der Waals surface area contributed by atoms with Gasteiger partial charge in [0, 0.05) is 18.0 Å². The number of unbranched alkanes of at least 4 members (excludes halogenated alkanes) is 6. The van der Waals surface area contributed by atoms with Gasteiger partial charge in [-0.25, -0.2) is 9.97 Å². The van der Waals surface area contributed by atoms with E-state index < -0.39 is 0 Å². The van der Waals surface area contributed by atoms with Crippen LogP contribution in [0.1, 0.15) is 116 Å². The Labute approximate surface area is 209 Å². The molecule has 0 unspecified atom stereocenters. The van der Waals surface area contributed by atoms with E-state index in [1.165, 1.54) is 95.5 Å². The van der Waals surface area contributed by atoms with Gasteiger partial charge in [0.15, 0.2) is 5.82 Å². The smallest absolute Gasteiger partial charge is 0.159 e. The summed E-state index contributed by atoms with van der Waals surface area (Å²) in [6.07, 6.45) is 25.5. The molecule has 0 atom stereocenters. The van der Waals surface area contributed by atoms with E-state index in [2.05, 4.69) is 48.1 Å². The quantitative estimate of drug-likeness (QED) is 0.232. The van der Waals surface area contributed by atoms with Gasteiger partial charge in [-0.05, 0) is 67.3 Å². The molecule has 1 heterocycles. The zero-order valence-electron chi connectivity index (χ0n) is 21.9. The molecule has 0 bridgehead atoms. The van der Waals surface area contributed by atoms with E-state index in [0.29, 0.717) is 0 Å². The highest BCUT2D eigenvalue weighted by Crippen LogP contribution is 2.34. The van der Waals surface area contributed by atoms with Crippen molar-refractivity contribution in [2.45, 2.75) is 117 Å². The van der Waals surface area contributed by atoms with Gasteiger partial charge in [0.1, 0.15) is 5.75 Å². The van der Waals surface area contributed by atoms with Gasteiger partial charge >= 0.3 is 0 Å². The molecule has 1 fully saturated rings. The summed E-state index contributed by atoms with van der Waals surface area (Å²) in [5, 5.41) is 0. The molecule has 0 radical (unpaired) electrons. The maximum Gasteiger partial charge on any atom is 0.159 e. The minimum absolute atomic E-state index is 0.796. The van der Waals surface area contributed by atoms with Crippen molar-refractivity contribution >= 4 is 0 Å². The summed E-state index contributed by atoms with van der Waals surface area (Å²) >= 11 is 0. The van der Waals surface area contributed by atoms with Crippen LogP contribution in [0.4, 0.5) is 0 Å². The summed E-state index contributed by atoms with van der Waals surface area (Å²) in [4.78, 5) is 9.17. The monoisotopic (exact) mass is 464 g/mol. The molecule has 0 aliphatic heterocycles. The highest BCUT2D eigenvalue weighted by atomic mass is 16.5. The zero-order valence-corrected chi connectivity index (χ0v) is 21.9. The van der Waals surface area contributed by atoms with Crippen LogP contribution in [0.2, 0.25) is 0 Å². The van der Waals surface area contributed by atoms with Gasteiger partial charge in [-0.15, -0.1) is 0 Å². The van der Waals surface area contributed by atoms with Crippen LogP contribution >= 0.6 is 0 Å². The van der Waals surface area contributed by atoms with Gasteiger partial charge in [0.2, 0.25) is 0 Å². The number of nitrogens with zero attached hydrogens (tertiary/aromatic N) is 2. The van der Waals surface area contributed by atoms with E-state index in [1.54, 1.807) is 0 Å². The Morgan fingerprint density at radius 2 is 1.29 bits per heavy atom. The summed E-state index contributed by atoms with van der Waals surface area (Å²) < 4.78 is 6.03. The van der Waals surface area contributed by atoms with Crippen LogP contribution in [0, 0.1) is 11.8 Å². The SMILES string of the molecule is CCCCCCc1cnc(-c2ccc(OCCC[C@H]3CC[C@H](CCCCCC)CC3)cc2)nc1. The number of hydrogen-bond acceptors (Lipinski definition) is 3. The summed E-state index contributed by atoms with van der Waals surface area (Å²) in [6, 6.07) is 8.27. The van der Waals surface area contributed by atoms with E-state index in [9.17, 15) is 0 Å². The summed E-state index contributed by atoms with van der Waals surface area (Å²) in [6.45, 7) is 5.37. The van der Waals surface area contributed by atoms with Crippen LogP contribution in [0.5, 0.6) is 5.75 Å². The summed E-state index contributed by atoms with van der Waals surface area (Å²) in [7, 11) is 0. The van der Waals surface area contributed by atoms with E-state index in [0.717, 1.165) is 48.4 Å². The highest BCUT2D eigenvalue weighted by Gasteiger charge is 2.20. The molecule has 0 saturated heterocycles. The Bertz CT molecular complexity index is 763. The van der Waals surface area contributed by atoms with E-state index in [4.69, 9.17) is 4.74 Å². The minimum Gasteiger partial charge on any atom is -0.494 e. The molecule has 2 aromatic rings. The van der Waals surface area contributed by atoms with Gasteiger partial charge in [-0.1, -0.05) is 90.9 Å². The van der Waals surface area contributed by atoms with Crippen LogP contribution in [0.3, 0.4) is 0 Å². The van der Waals surface area contributed by atoms with Crippen LogP contribution < -0.4 is 4.74 Å². The van der Waals surface area contributed by atoms with E-state index >= 15 is 0 Å². The van der Waals surface area contributed by atoms with E-state index in [-0.39, 0.29) is 0 Å². The maximum atomic E-state index is 6.03. The van der Waals surface area contributed by atoms with Crippen LogP contribution in [0.25, 0.3) is 11.4 Å². The first-order valence-corrected chi connectivity index (χ1v) is 14.3. The van der Waals surface area contributed by atoms with Crippen LogP contribution in [-0.2, 0) is 6.42 Å². The number of benzene rings is 1. The molecule has 3 nitrogen and oxygen atoms in total. The fraction of sp³-hybridized carbons (Fsp3) is 0.677. The molecule has 1 aliphatic carbocycles. The molecular formula is C31H48N2O. The number of aryl methyl sites for hydroxylation is 1. The lowest BCUT2D eigenvalue weighted by Gasteiger charge is -2.28. The molecule has 0 N–H and O–H groups in total. The van der Waals surface area contributed by atoms with Gasteiger partial charge in [-0.3, -0.25) is 0 Å². The molecule has 188 valence electrons. The van der Waals surface area contributed by atoms with Crippen molar-refractivity contribution in [3.8, 4) is 17.1 Å². The van der Waals surface area contributed by atoms with Crippen molar-refractivity contribution in [2.75, 3.05) is 6.61 Å². The molecule has 1 saturated carbocycles. The van der Waals surface area contributed by atoms with E-state index in [1.807, 2.05) is 12.4 Å². The van der Waals surface area contributed by atoms with Crippen molar-refractivity contribution in [2.24, 2.45) is 11.8 Å². The Hall–Kier alpha value is -1.90. The Morgan fingerprint density at radius 1 is 0.706 bits per heavy atom. The standard InChI is InChI=1S/C31H48N2O/c1-3-5-7-9-12-26-15-17-27(18-16-26)14-11-23-34-30-21-19-29(20-22-30)31-32-24-28(25-33-31)13-10-8-6-4-2/h19-22,24-27H,3-18,23H2,1-2H3/t26-,27-. The number of aromatic nitrogens is 2. The lowest BCUT2D eigenvalue weighted by atomic mass is 9.78. The lowest BCUT2D eigenvalue weighted by Crippen LogP contribution is -2.15. The van der Waals surface area contributed by atoms with Crippen LogP contribution in [0.15, 0.2) is 36.7 Å². The van der Waals surface area contributed by atoms with Crippen molar-refractivity contribution < 1.29 is 4.74 Å². The molecule has 34 heavy (non-hydrogen) atoms. The third-order valence-electron chi connectivity index (χ3n) is 7.59. The lowest BCUT2D eigenvalue weighted by molar-refractivity contribution is 0.228. The fourth-order valence-corrected chi connectivity index (χ4v) is 5.32. The first kappa shape index (κ1) is 26.7. The zero-order chi connectivity index (χ0) is 23.8. The fourth-order valence-electron chi connectivity index (χ4n) is 5.32. The summed E-state index contributed by atoms with van der Waals surface area (Å²) in [5.41, 5.74) is 2.29.